The summed E-state index contributed by atoms with van der Waals surface area (Å²) >= 11 is 5.89. The average molecular weight is 375 g/mol. The lowest BCUT2D eigenvalue weighted by atomic mass is 9.94. The number of anilines is 2. The predicted molar refractivity (Wildman–Crippen MR) is 99.7 cm³/mol. The topological polar surface area (TPSA) is 67.9 Å². The largest absolute Gasteiger partial charge is 0.467 e. The van der Waals surface area contributed by atoms with E-state index in [-0.39, 0.29) is 13.2 Å². The number of rotatable bonds is 4. The van der Waals surface area contributed by atoms with Gasteiger partial charge in [-0.25, -0.2) is 9.59 Å². The fourth-order valence-electron chi connectivity index (χ4n) is 2.79. The van der Waals surface area contributed by atoms with Crippen molar-refractivity contribution in [2.45, 2.75) is 12.5 Å². The monoisotopic (exact) mass is 374 g/mol. The summed E-state index contributed by atoms with van der Waals surface area (Å²) in [6.07, 6.45) is 0. The number of nitrogens with zero attached hydrogens (tertiary/aromatic N) is 1. The minimum atomic E-state index is -1.19. The molecule has 0 aromatic heterocycles. The van der Waals surface area contributed by atoms with Crippen molar-refractivity contribution in [3.05, 3.63) is 59.1 Å². The molecule has 1 heterocycles. The highest BCUT2D eigenvalue weighted by Crippen LogP contribution is 2.33. The number of esters is 1. The van der Waals surface area contributed by atoms with Gasteiger partial charge < -0.3 is 14.8 Å². The smallest absolute Gasteiger partial charge is 0.337 e. The highest BCUT2D eigenvalue weighted by Gasteiger charge is 2.55. The first kappa shape index (κ1) is 18.2. The maximum absolute atomic E-state index is 13.1. The third-order valence-corrected chi connectivity index (χ3v) is 4.52. The molecule has 0 bridgehead atoms. The summed E-state index contributed by atoms with van der Waals surface area (Å²) in [7, 11) is 1.30. The SMILES string of the molecule is COC(=O)C1(N(C(=O)Nc2ccc(Cl)cc2)c2ccc(C)cc2)COC1. The van der Waals surface area contributed by atoms with E-state index in [2.05, 4.69) is 5.32 Å². The van der Waals surface area contributed by atoms with Crippen molar-refractivity contribution >= 4 is 35.0 Å². The van der Waals surface area contributed by atoms with Gasteiger partial charge in [0.05, 0.1) is 20.3 Å². The van der Waals surface area contributed by atoms with E-state index in [9.17, 15) is 9.59 Å². The van der Waals surface area contributed by atoms with Crippen molar-refractivity contribution in [2.75, 3.05) is 30.5 Å². The molecule has 136 valence electrons. The molecule has 0 aliphatic carbocycles. The van der Waals surface area contributed by atoms with E-state index in [1.807, 2.05) is 19.1 Å². The molecule has 2 aromatic rings. The van der Waals surface area contributed by atoms with Crippen LogP contribution in [-0.4, -0.2) is 37.9 Å². The van der Waals surface area contributed by atoms with Gasteiger partial charge in [0.15, 0.2) is 5.54 Å². The van der Waals surface area contributed by atoms with E-state index in [0.29, 0.717) is 16.4 Å². The van der Waals surface area contributed by atoms with Crippen molar-refractivity contribution in [1.82, 2.24) is 0 Å². The first-order valence-corrected chi connectivity index (χ1v) is 8.44. The van der Waals surface area contributed by atoms with Gasteiger partial charge >= 0.3 is 12.0 Å². The lowest BCUT2D eigenvalue weighted by molar-refractivity contribution is -0.164. The van der Waals surface area contributed by atoms with Crippen LogP contribution in [0.2, 0.25) is 5.02 Å². The van der Waals surface area contributed by atoms with E-state index in [1.165, 1.54) is 12.0 Å². The van der Waals surface area contributed by atoms with Crippen LogP contribution < -0.4 is 10.2 Å². The summed E-state index contributed by atoms with van der Waals surface area (Å²) in [5, 5.41) is 3.37. The third kappa shape index (κ3) is 3.38. The summed E-state index contributed by atoms with van der Waals surface area (Å²) in [6, 6.07) is 13.6. The highest BCUT2D eigenvalue weighted by molar-refractivity contribution is 6.30. The van der Waals surface area contributed by atoms with Gasteiger partial charge in [0.2, 0.25) is 0 Å². The number of carbonyl (C=O) groups excluding carboxylic acids is 2. The molecule has 2 aromatic carbocycles. The van der Waals surface area contributed by atoms with Gasteiger partial charge in [0, 0.05) is 16.4 Å². The Morgan fingerprint density at radius 2 is 1.73 bits per heavy atom. The van der Waals surface area contributed by atoms with Gasteiger partial charge in [0.1, 0.15) is 0 Å². The molecule has 3 rings (SSSR count). The average Bonchev–Trinajstić information content (AvgIpc) is 2.60. The molecule has 0 radical (unpaired) electrons. The number of hydrogen-bond donors (Lipinski definition) is 1. The Morgan fingerprint density at radius 1 is 1.12 bits per heavy atom. The van der Waals surface area contributed by atoms with Gasteiger partial charge in [-0.1, -0.05) is 29.3 Å². The number of nitrogens with one attached hydrogen (secondary N) is 1. The van der Waals surface area contributed by atoms with E-state index in [0.717, 1.165) is 5.56 Å². The van der Waals surface area contributed by atoms with E-state index in [1.54, 1.807) is 36.4 Å². The predicted octanol–water partition coefficient (Wildman–Crippen LogP) is 3.63. The van der Waals surface area contributed by atoms with Crippen LogP contribution in [0.5, 0.6) is 0 Å². The molecule has 0 saturated carbocycles. The maximum Gasteiger partial charge on any atom is 0.337 e. The Balaban J connectivity index is 1.97. The highest BCUT2D eigenvalue weighted by atomic mass is 35.5. The molecule has 6 nitrogen and oxygen atoms in total. The van der Waals surface area contributed by atoms with E-state index in [4.69, 9.17) is 21.1 Å². The number of halogens is 1. The van der Waals surface area contributed by atoms with Crippen molar-refractivity contribution in [3.8, 4) is 0 Å². The Kier molecular flexibility index (Phi) is 5.15. The fourth-order valence-corrected chi connectivity index (χ4v) is 2.91. The summed E-state index contributed by atoms with van der Waals surface area (Å²) in [4.78, 5) is 26.9. The zero-order chi connectivity index (χ0) is 18.7. The molecule has 0 unspecified atom stereocenters. The normalized spacial score (nSPS) is 14.9. The quantitative estimate of drug-likeness (QED) is 0.830. The molecule has 2 amide bonds. The number of carbonyl (C=O) groups is 2. The van der Waals surface area contributed by atoms with Crippen LogP contribution in [-0.2, 0) is 14.3 Å². The number of hydrogen-bond acceptors (Lipinski definition) is 4. The zero-order valence-electron chi connectivity index (χ0n) is 14.5. The van der Waals surface area contributed by atoms with Crippen LogP contribution >= 0.6 is 11.6 Å². The molecule has 1 aliphatic rings. The number of urea groups is 1. The first-order valence-electron chi connectivity index (χ1n) is 8.06. The summed E-state index contributed by atoms with van der Waals surface area (Å²) < 4.78 is 10.2. The molecule has 1 aliphatic heterocycles. The number of ether oxygens (including phenoxy) is 2. The standard InChI is InChI=1S/C19H19ClN2O4/c1-13-3-9-16(10-4-13)22(19(11-26-12-19)17(23)25-2)18(24)21-15-7-5-14(20)6-8-15/h3-10H,11-12H2,1-2H3,(H,21,24). The van der Waals surface area contributed by atoms with Crippen LogP contribution in [0.15, 0.2) is 48.5 Å². The second-order valence-electron chi connectivity index (χ2n) is 6.12. The van der Waals surface area contributed by atoms with Gasteiger partial charge in [-0.2, -0.15) is 0 Å². The van der Waals surface area contributed by atoms with Gasteiger partial charge in [-0.3, -0.25) is 4.90 Å². The van der Waals surface area contributed by atoms with Crippen molar-refractivity contribution in [3.63, 3.8) is 0 Å². The minimum absolute atomic E-state index is 0.0710. The van der Waals surface area contributed by atoms with E-state index < -0.39 is 17.5 Å². The third-order valence-electron chi connectivity index (χ3n) is 4.27. The Morgan fingerprint density at radius 3 is 2.23 bits per heavy atom. The Hall–Kier alpha value is -2.57. The molecule has 1 fully saturated rings. The molecule has 1 N–H and O–H groups in total. The van der Waals surface area contributed by atoms with Crippen LogP contribution in [0.25, 0.3) is 0 Å². The molecule has 0 spiro atoms. The van der Waals surface area contributed by atoms with Gasteiger partial charge in [-0.15, -0.1) is 0 Å². The molecular weight excluding hydrogens is 356 g/mol. The zero-order valence-corrected chi connectivity index (χ0v) is 15.2. The molecule has 0 atom stereocenters. The number of aryl methyl sites for hydroxylation is 1. The van der Waals surface area contributed by atoms with Gasteiger partial charge in [0.25, 0.3) is 0 Å². The Labute approximate surface area is 156 Å². The summed E-state index contributed by atoms with van der Waals surface area (Å²) in [6.45, 7) is 2.09. The maximum atomic E-state index is 13.1. The second kappa shape index (κ2) is 7.35. The van der Waals surface area contributed by atoms with Gasteiger partial charge in [-0.05, 0) is 43.3 Å². The second-order valence-corrected chi connectivity index (χ2v) is 6.56. The lowest BCUT2D eigenvalue weighted by Gasteiger charge is -2.46. The minimum Gasteiger partial charge on any atom is -0.467 e. The van der Waals surface area contributed by atoms with Crippen LogP contribution in [0.1, 0.15) is 5.56 Å². The fraction of sp³-hybridized carbons (Fsp3) is 0.263. The molecule has 26 heavy (non-hydrogen) atoms. The number of amides is 2. The summed E-state index contributed by atoms with van der Waals surface area (Å²) in [5.41, 5.74) is 0.997. The lowest BCUT2D eigenvalue weighted by Crippen LogP contribution is -2.70. The summed E-state index contributed by atoms with van der Waals surface area (Å²) in [5.74, 6) is -0.518. The van der Waals surface area contributed by atoms with E-state index >= 15 is 0 Å². The molecule has 7 heteroatoms. The van der Waals surface area contributed by atoms with Crippen molar-refractivity contribution in [1.29, 1.82) is 0 Å². The Bertz CT molecular complexity index is 801. The first-order chi connectivity index (χ1) is 12.5. The van der Waals surface area contributed by atoms with Crippen molar-refractivity contribution in [2.24, 2.45) is 0 Å². The molecular formula is C19H19ClN2O4. The van der Waals surface area contributed by atoms with Crippen molar-refractivity contribution < 1.29 is 19.1 Å². The number of methoxy groups -OCH3 is 1. The van der Waals surface area contributed by atoms with Crippen LogP contribution in [0.3, 0.4) is 0 Å². The molecule has 1 saturated heterocycles. The van der Waals surface area contributed by atoms with Crippen LogP contribution in [0, 0.1) is 6.92 Å². The van der Waals surface area contributed by atoms with Crippen LogP contribution in [0.4, 0.5) is 16.2 Å². The number of benzene rings is 2.